The maximum atomic E-state index is 5.66. The average molecular weight is 283 g/mol. The Balaban J connectivity index is 1.80. The fourth-order valence-electron chi connectivity index (χ4n) is 3.53. The van der Waals surface area contributed by atoms with Crippen molar-refractivity contribution in [3.8, 4) is 0 Å². The fraction of sp³-hybridized carbons (Fsp3) is 0.474. The number of hydrogen-bond acceptors (Lipinski definition) is 2. The second kappa shape index (κ2) is 6.48. The molecule has 1 aliphatic carbocycles. The first kappa shape index (κ1) is 14.4. The minimum Gasteiger partial charge on any atom is -0.467 e. The topological polar surface area (TPSA) is 25.2 Å². The van der Waals surface area contributed by atoms with E-state index in [1.807, 2.05) is 13.1 Å². The van der Waals surface area contributed by atoms with Gasteiger partial charge < -0.3 is 9.73 Å². The number of furan rings is 1. The lowest BCUT2D eigenvalue weighted by Crippen LogP contribution is -2.18. The van der Waals surface area contributed by atoms with E-state index in [0.29, 0.717) is 0 Å². The maximum absolute atomic E-state index is 5.66. The second-order valence-electron chi connectivity index (χ2n) is 6.19. The first-order valence-corrected chi connectivity index (χ1v) is 8.10. The Morgan fingerprint density at radius 3 is 2.33 bits per heavy atom. The molecule has 1 N–H and O–H groups in total. The van der Waals surface area contributed by atoms with Crippen LogP contribution in [-0.2, 0) is 0 Å². The van der Waals surface area contributed by atoms with Gasteiger partial charge in [0.1, 0.15) is 5.76 Å². The van der Waals surface area contributed by atoms with E-state index in [2.05, 4.69) is 36.5 Å². The van der Waals surface area contributed by atoms with Crippen LogP contribution < -0.4 is 5.32 Å². The minimum atomic E-state index is 0.139. The van der Waals surface area contributed by atoms with Crippen molar-refractivity contribution in [1.29, 1.82) is 0 Å². The van der Waals surface area contributed by atoms with Crippen LogP contribution in [0.15, 0.2) is 41.0 Å². The van der Waals surface area contributed by atoms with Gasteiger partial charge in [-0.3, -0.25) is 0 Å². The molecule has 2 aromatic rings. The number of rotatable bonds is 4. The van der Waals surface area contributed by atoms with Crippen LogP contribution in [0.5, 0.6) is 0 Å². The lowest BCUT2D eigenvalue weighted by Gasteiger charge is -2.23. The van der Waals surface area contributed by atoms with Gasteiger partial charge in [0.25, 0.3) is 0 Å². The molecule has 3 rings (SSSR count). The van der Waals surface area contributed by atoms with Crippen LogP contribution in [0.25, 0.3) is 0 Å². The van der Waals surface area contributed by atoms with Crippen molar-refractivity contribution in [3.63, 3.8) is 0 Å². The fourth-order valence-corrected chi connectivity index (χ4v) is 3.53. The van der Waals surface area contributed by atoms with Crippen LogP contribution in [-0.4, -0.2) is 7.05 Å². The van der Waals surface area contributed by atoms with Gasteiger partial charge in [0.15, 0.2) is 0 Å². The Labute approximate surface area is 127 Å². The van der Waals surface area contributed by atoms with Crippen molar-refractivity contribution in [2.24, 2.45) is 0 Å². The zero-order valence-corrected chi connectivity index (χ0v) is 13.1. The molecule has 21 heavy (non-hydrogen) atoms. The second-order valence-corrected chi connectivity index (χ2v) is 6.19. The van der Waals surface area contributed by atoms with E-state index in [-0.39, 0.29) is 6.04 Å². The number of hydrogen-bond donors (Lipinski definition) is 1. The van der Waals surface area contributed by atoms with Crippen LogP contribution >= 0.6 is 0 Å². The SMILES string of the molecule is CNC(c1ccc(C2CCCCC2)cc1)c1occc1C. The zero-order chi connectivity index (χ0) is 14.7. The molecule has 0 bridgehead atoms. The molecule has 0 spiro atoms. The summed E-state index contributed by atoms with van der Waals surface area (Å²) in [6, 6.07) is 11.3. The van der Waals surface area contributed by atoms with Gasteiger partial charge in [-0.25, -0.2) is 0 Å². The van der Waals surface area contributed by atoms with E-state index in [4.69, 9.17) is 4.42 Å². The predicted molar refractivity (Wildman–Crippen MR) is 86.6 cm³/mol. The number of aryl methyl sites for hydroxylation is 1. The van der Waals surface area contributed by atoms with E-state index in [9.17, 15) is 0 Å². The third kappa shape index (κ3) is 3.06. The molecular formula is C19H25NO. The first-order chi connectivity index (χ1) is 10.3. The quantitative estimate of drug-likeness (QED) is 0.859. The molecule has 0 radical (unpaired) electrons. The van der Waals surface area contributed by atoms with E-state index >= 15 is 0 Å². The van der Waals surface area contributed by atoms with Crippen molar-refractivity contribution >= 4 is 0 Å². The molecule has 1 fully saturated rings. The molecule has 0 saturated heterocycles. The highest BCUT2D eigenvalue weighted by Crippen LogP contribution is 2.33. The van der Waals surface area contributed by atoms with Crippen LogP contribution in [0.4, 0.5) is 0 Å². The summed E-state index contributed by atoms with van der Waals surface area (Å²) in [7, 11) is 1.99. The van der Waals surface area contributed by atoms with E-state index < -0.39 is 0 Å². The standard InChI is InChI=1S/C19H25NO/c1-14-12-13-21-19(14)18(20-2)17-10-8-16(9-11-17)15-6-4-3-5-7-15/h8-13,15,18,20H,3-7H2,1-2H3. The molecule has 1 aliphatic rings. The molecule has 1 atom stereocenters. The first-order valence-electron chi connectivity index (χ1n) is 8.10. The summed E-state index contributed by atoms with van der Waals surface area (Å²) in [5.41, 5.74) is 3.98. The molecule has 0 amide bonds. The Bertz CT molecular complexity index is 564. The Morgan fingerprint density at radius 2 is 1.76 bits per heavy atom. The highest BCUT2D eigenvalue weighted by atomic mass is 16.3. The molecule has 1 unspecified atom stereocenters. The highest BCUT2D eigenvalue weighted by molar-refractivity contribution is 5.33. The van der Waals surface area contributed by atoms with Gasteiger partial charge in [0.05, 0.1) is 12.3 Å². The maximum Gasteiger partial charge on any atom is 0.128 e. The zero-order valence-electron chi connectivity index (χ0n) is 13.1. The van der Waals surface area contributed by atoms with Gasteiger partial charge in [-0.05, 0) is 55.5 Å². The van der Waals surface area contributed by atoms with Crippen molar-refractivity contribution < 1.29 is 4.42 Å². The normalized spacial score (nSPS) is 17.8. The Hall–Kier alpha value is -1.54. The summed E-state index contributed by atoms with van der Waals surface area (Å²) in [6.45, 7) is 2.10. The van der Waals surface area contributed by atoms with Crippen molar-refractivity contribution in [2.45, 2.75) is 51.0 Å². The van der Waals surface area contributed by atoms with Crippen LogP contribution in [0.1, 0.15) is 66.5 Å². The highest BCUT2D eigenvalue weighted by Gasteiger charge is 2.19. The molecule has 112 valence electrons. The summed E-state index contributed by atoms with van der Waals surface area (Å²) in [4.78, 5) is 0. The smallest absolute Gasteiger partial charge is 0.128 e. The van der Waals surface area contributed by atoms with E-state index in [1.165, 1.54) is 48.8 Å². The van der Waals surface area contributed by atoms with Crippen LogP contribution in [0.3, 0.4) is 0 Å². The number of benzene rings is 1. The van der Waals surface area contributed by atoms with Crippen molar-refractivity contribution in [1.82, 2.24) is 5.32 Å². The molecule has 1 aromatic carbocycles. The van der Waals surface area contributed by atoms with Gasteiger partial charge in [-0.1, -0.05) is 43.5 Å². The van der Waals surface area contributed by atoms with Gasteiger partial charge in [0.2, 0.25) is 0 Å². The minimum absolute atomic E-state index is 0.139. The summed E-state index contributed by atoms with van der Waals surface area (Å²) in [6.07, 6.45) is 8.66. The lowest BCUT2D eigenvalue weighted by atomic mass is 9.83. The monoisotopic (exact) mass is 283 g/mol. The molecule has 1 saturated carbocycles. The Morgan fingerprint density at radius 1 is 1.05 bits per heavy atom. The summed E-state index contributed by atoms with van der Waals surface area (Å²) >= 11 is 0. The third-order valence-electron chi connectivity index (χ3n) is 4.80. The largest absolute Gasteiger partial charge is 0.467 e. The van der Waals surface area contributed by atoms with Crippen molar-refractivity contribution in [3.05, 3.63) is 59.0 Å². The van der Waals surface area contributed by atoms with Gasteiger partial charge in [-0.15, -0.1) is 0 Å². The molecule has 1 heterocycles. The van der Waals surface area contributed by atoms with E-state index in [1.54, 1.807) is 6.26 Å². The molecule has 1 aromatic heterocycles. The van der Waals surface area contributed by atoms with Crippen LogP contribution in [0, 0.1) is 6.92 Å². The van der Waals surface area contributed by atoms with Gasteiger partial charge >= 0.3 is 0 Å². The summed E-state index contributed by atoms with van der Waals surface area (Å²) in [5.74, 6) is 1.79. The number of nitrogens with one attached hydrogen (secondary N) is 1. The molecule has 2 heteroatoms. The molecule has 0 aliphatic heterocycles. The summed E-state index contributed by atoms with van der Waals surface area (Å²) in [5, 5.41) is 3.37. The van der Waals surface area contributed by atoms with Gasteiger partial charge in [0, 0.05) is 0 Å². The average Bonchev–Trinajstić information content (AvgIpc) is 2.96. The Kier molecular flexibility index (Phi) is 4.45. The summed E-state index contributed by atoms with van der Waals surface area (Å²) < 4.78 is 5.66. The molecule has 2 nitrogen and oxygen atoms in total. The van der Waals surface area contributed by atoms with Crippen LogP contribution in [0.2, 0.25) is 0 Å². The third-order valence-corrected chi connectivity index (χ3v) is 4.80. The van der Waals surface area contributed by atoms with Gasteiger partial charge in [-0.2, -0.15) is 0 Å². The predicted octanol–water partition coefficient (Wildman–Crippen LogP) is 4.94. The molecular weight excluding hydrogens is 258 g/mol. The lowest BCUT2D eigenvalue weighted by molar-refractivity contribution is 0.443. The van der Waals surface area contributed by atoms with Crippen molar-refractivity contribution in [2.75, 3.05) is 7.05 Å². The van der Waals surface area contributed by atoms with E-state index in [0.717, 1.165) is 11.7 Å².